The molecule has 0 aliphatic rings. The van der Waals surface area contributed by atoms with Crippen molar-refractivity contribution in [3.05, 3.63) is 53.1 Å². The van der Waals surface area contributed by atoms with E-state index in [0.717, 1.165) is 12.3 Å². The lowest BCUT2D eigenvalue weighted by Gasteiger charge is -2.11. The van der Waals surface area contributed by atoms with Gasteiger partial charge < -0.3 is 20.1 Å². The molecule has 0 saturated carbocycles. The maximum absolute atomic E-state index is 12.7. The van der Waals surface area contributed by atoms with Crippen molar-refractivity contribution in [1.82, 2.24) is 19.9 Å². The van der Waals surface area contributed by atoms with Gasteiger partial charge in [0.2, 0.25) is 11.9 Å². The van der Waals surface area contributed by atoms with Crippen LogP contribution in [0, 0.1) is 0 Å². The Morgan fingerprint density at radius 1 is 1.00 bits per heavy atom. The summed E-state index contributed by atoms with van der Waals surface area (Å²) in [5.74, 6) is 1.52. The number of hydrogen-bond donors (Lipinski definition) is 2. The zero-order chi connectivity index (χ0) is 21.7. The fourth-order valence-electron chi connectivity index (χ4n) is 2.40. The molecule has 0 spiro atoms. The molecule has 0 atom stereocenters. The number of methoxy groups -OCH3 is 2. The average Bonchev–Trinajstić information content (AvgIpc) is 2.72. The highest BCUT2D eigenvalue weighted by atomic mass is 35.5. The van der Waals surface area contributed by atoms with E-state index in [0.29, 0.717) is 17.2 Å². The quantitative estimate of drug-likeness (QED) is 0.561. The average molecular weight is 441 g/mol. The Kier molecular flexibility index (Phi) is 6.40. The zero-order valence-electron chi connectivity index (χ0n) is 15.8. The van der Waals surface area contributed by atoms with E-state index in [9.17, 15) is 13.2 Å². The van der Waals surface area contributed by atoms with Crippen molar-refractivity contribution in [3.63, 3.8) is 0 Å². The van der Waals surface area contributed by atoms with Gasteiger partial charge in [0.25, 0.3) is 0 Å². The first-order valence-electron chi connectivity index (χ1n) is 8.43. The third kappa shape index (κ3) is 5.17. The summed E-state index contributed by atoms with van der Waals surface area (Å²) < 4.78 is 48.5. The SMILES string of the molecule is COc1ccc(Nc2ncnc(NCc3ncc(C(F)(F)F)cc3Cl)n2)cc1OC. The molecule has 1 aromatic carbocycles. The number of pyridine rings is 1. The van der Waals surface area contributed by atoms with E-state index in [1.807, 2.05) is 0 Å². The van der Waals surface area contributed by atoms with Crippen molar-refractivity contribution in [2.75, 3.05) is 24.9 Å². The van der Waals surface area contributed by atoms with Crippen molar-refractivity contribution in [1.29, 1.82) is 0 Å². The lowest BCUT2D eigenvalue weighted by atomic mass is 10.2. The summed E-state index contributed by atoms with van der Waals surface area (Å²) in [6.07, 6.45) is -2.51. The second kappa shape index (κ2) is 8.99. The number of benzene rings is 1. The lowest BCUT2D eigenvalue weighted by molar-refractivity contribution is -0.137. The monoisotopic (exact) mass is 440 g/mol. The molecule has 0 saturated heterocycles. The molecule has 3 aromatic rings. The summed E-state index contributed by atoms with van der Waals surface area (Å²) in [5.41, 5.74) is -0.0467. The van der Waals surface area contributed by atoms with E-state index in [1.54, 1.807) is 18.2 Å². The molecule has 0 fully saturated rings. The van der Waals surface area contributed by atoms with Gasteiger partial charge in [0.1, 0.15) is 6.33 Å². The number of ether oxygens (including phenoxy) is 2. The minimum atomic E-state index is -4.51. The number of nitrogens with zero attached hydrogens (tertiary/aromatic N) is 4. The summed E-state index contributed by atoms with van der Waals surface area (Å²) in [6.45, 7) is 0.0246. The maximum atomic E-state index is 12.7. The Morgan fingerprint density at radius 3 is 2.40 bits per heavy atom. The second-order valence-corrected chi connectivity index (χ2v) is 6.24. The molecule has 0 unspecified atom stereocenters. The van der Waals surface area contributed by atoms with E-state index in [2.05, 4.69) is 30.6 Å². The first-order chi connectivity index (χ1) is 14.3. The Labute approximate surface area is 174 Å². The molecular formula is C18H16ClF3N6O2. The molecule has 2 N–H and O–H groups in total. The van der Waals surface area contributed by atoms with E-state index >= 15 is 0 Å². The molecule has 0 radical (unpaired) electrons. The number of anilines is 3. The molecule has 30 heavy (non-hydrogen) atoms. The minimum absolute atomic E-state index is 0.0246. The Hall–Kier alpha value is -3.34. The summed E-state index contributed by atoms with van der Waals surface area (Å²) in [4.78, 5) is 16.0. The molecule has 0 amide bonds. The first-order valence-corrected chi connectivity index (χ1v) is 8.81. The van der Waals surface area contributed by atoms with Crippen LogP contribution in [-0.4, -0.2) is 34.2 Å². The van der Waals surface area contributed by atoms with E-state index in [4.69, 9.17) is 21.1 Å². The molecular weight excluding hydrogens is 425 g/mol. The summed E-state index contributed by atoms with van der Waals surface area (Å²) in [5, 5.41) is 5.74. The van der Waals surface area contributed by atoms with Crippen molar-refractivity contribution < 1.29 is 22.6 Å². The van der Waals surface area contributed by atoms with Gasteiger partial charge in [-0.25, -0.2) is 9.97 Å². The predicted octanol–water partition coefficient (Wildman–Crippen LogP) is 4.31. The first kappa shape index (κ1) is 21.4. The number of halogens is 4. The standard InChI is InChI=1S/C18H16ClF3N6O2/c1-29-14-4-3-11(6-15(14)30-2)27-17-26-9-25-16(28-17)24-8-13-12(19)5-10(7-23-13)18(20,21)22/h3-7,9H,8H2,1-2H3,(H2,24,25,26,27,28). The van der Waals surface area contributed by atoms with Crippen LogP contribution < -0.4 is 20.1 Å². The Morgan fingerprint density at radius 2 is 1.73 bits per heavy atom. The maximum Gasteiger partial charge on any atom is 0.417 e. The minimum Gasteiger partial charge on any atom is -0.493 e. The smallest absolute Gasteiger partial charge is 0.417 e. The number of nitrogens with one attached hydrogen (secondary N) is 2. The van der Waals surface area contributed by atoms with Crippen LogP contribution in [0.2, 0.25) is 5.02 Å². The molecule has 0 bridgehead atoms. The van der Waals surface area contributed by atoms with Gasteiger partial charge in [0, 0.05) is 18.0 Å². The second-order valence-electron chi connectivity index (χ2n) is 5.83. The lowest BCUT2D eigenvalue weighted by Crippen LogP contribution is -2.10. The van der Waals surface area contributed by atoms with Gasteiger partial charge in [-0.15, -0.1) is 0 Å². The van der Waals surface area contributed by atoms with Crippen LogP contribution in [0.15, 0.2) is 36.8 Å². The van der Waals surface area contributed by atoms with Crippen molar-refractivity contribution >= 4 is 29.2 Å². The van der Waals surface area contributed by atoms with Gasteiger partial charge in [0.15, 0.2) is 11.5 Å². The fraction of sp³-hybridized carbons (Fsp3) is 0.222. The van der Waals surface area contributed by atoms with Crippen LogP contribution >= 0.6 is 11.6 Å². The number of alkyl halides is 3. The highest BCUT2D eigenvalue weighted by molar-refractivity contribution is 6.31. The third-order valence-electron chi connectivity index (χ3n) is 3.87. The number of aromatic nitrogens is 4. The largest absolute Gasteiger partial charge is 0.493 e. The van der Waals surface area contributed by atoms with Crippen molar-refractivity contribution in [3.8, 4) is 11.5 Å². The highest BCUT2D eigenvalue weighted by Crippen LogP contribution is 2.32. The summed E-state index contributed by atoms with van der Waals surface area (Å²) >= 11 is 5.90. The molecule has 0 aliphatic heterocycles. The Bertz CT molecular complexity index is 1040. The number of hydrogen-bond acceptors (Lipinski definition) is 8. The van der Waals surface area contributed by atoms with E-state index < -0.39 is 11.7 Å². The van der Waals surface area contributed by atoms with Gasteiger partial charge in [-0.05, 0) is 18.2 Å². The van der Waals surface area contributed by atoms with Gasteiger partial charge >= 0.3 is 6.18 Å². The topological polar surface area (TPSA) is 94.1 Å². The Balaban J connectivity index is 1.69. The van der Waals surface area contributed by atoms with Gasteiger partial charge in [-0.3, -0.25) is 4.98 Å². The zero-order valence-corrected chi connectivity index (χ0v) is 16.5. The van der Waals surface area contributed by atoms with Gasteiger partial charge in [0.05, 0.1) is 37.0 Å². The van der Waals surface area contributed by atoms with Crippen molar-refractivity contribution in [2.45, 2.75) is 12.7 Å². The van der Waals surface area contributed by atoms with Crippen molar-refractivity contribution in [2.24, 2.45) is 0 Å². The van der Waals surface area contributed by atoms with Crippen LogP contribution in [0.5, 0.6) is 11.5 Å². The van der Waals surface area contributed by atoms with Gasteiger partial charge in [-0.2, -0.15) is 18.2 Å². The van der Waals surface area contributed by atoms with E-state index in [1.165, 1.54) is 20.5 Å². The van der Waals surface area contributed by atoms with Crippen LogP contribution in [0.3, 0.4) is 0 Å². The predicted molar refractivity (Wildman–Crippen MR) is 104 cm³/mol. The van der Waals surface area contributed by atoms with Crippen LogP contribution in [0.4, 0.5) is 30.8 Å². The molecule has 8 nitrogen and oxygen atoms in total. The molecule has 12 heteroatoms. The van der Waals surface area contributed by atoms with Crippen LogP contribution in [-0.2, 0) is 12.7 Å². The number of rotatable bonds is 7. The summed E-state index contributed by atoms with van der Waals surface area (Å²) in [6, 6.07) is 6.01. The molecule has 0 aliphatic carbocycles. The fourth-order valence-corrected chi connectivity index (χ4v) is 2.63. The van der Waals surface area contributed by atoms with E-state index in [-0.39, 0.29) is 29.2 Å². The normalized spacial score (nSPS) is 11.1. The third-order valence-corrected chi connectivity index (χ3v) is 4.20. The summed E-state index contributed by atoms with van der Waals surface area (Å²) in [7, 11) is 3.06. The highest BCUT2D eigenvalue weighted by Gasteiger charge is 2.31. The molecule has 3 rings (SSSR count). The van der Waals surface area contributed by atoms with Crippen LogP contribution in [0.25, 0.3) is 0 Å². The molecule has 158 valence electrons. The molecule has 2 heterocycles. The van der Waals surface area contributed by atoms with Gasteiger partial charge in [-0.1, -0.05) is 11.6 Å². The molecule has 2 aromatic heterocycles. The van der Waals surface area contributed by atoms with Crippen LogP contribution in [0.1, 0.15) is 11.3 Å².